The van der Waals surface area contributed by atoms with E-state index in [2.05, 4.69) is 223 Å². The molecule has 0 fully saturated rings. The summed E-state index contributed by atoms with van der Waals surface area (Å²) in [4.78, 5) is 18.0. The Labute approximate surface area is 389 Å². The zero-order valence-corrected chi connectivity index (χ0v) is 37.5. The Kier molecular flexibility index (Phi) is 9.62. The number of ketones is 1. The minimum absolute atomic E-state index is 0.0452. The van der Waals surface area contributed by atoms with Crippen LogP contribution in [0.2, 0.25) is 0 Å². The summed E-state index contributed by atoms with van der Waals surface area (Å²) in [5.41, 5.74) is 20.8. The Morgan fingerprint density at radius 3 is 1.60 bits per heavy atom. The standard InChI is InChI=1S/C63H45N3O/c1-40-35-56(48-37-58(44-16-7-4-8-17-44)64-59(38-48)45-18-9-5-10-19-45)41(2)34-55(40)47-29-33-61-57(36-47)53-32-28-46(42(3)67)39-62(53)65(61)50-30-26-43(27-31-50)51-23-15-24-54-52-22-13-14-25-60(52)66(63(51)54)49-20-11-6-12-21-49/h4-39H,1-3H3. The van der Waals surface area contributed by atoms with Crippen LogP contribution in [0.15, 0.2) is 218 Å². The van der Waals surface area contributed by atoms with Gasteiger partial charge in [-0.1, -0.05) is 158 Å². The summed E-state index contributed by atoms with van der Waals surface area (Å²) in [6.07, 6.45) is 0. The van der Waals surface area contributed by atoms with Crippen molar-refractivity contribution in [2.45, 2.75) is 20.8 Å². The number of benzene rings is 9. The molecule has 9 aromatic carbocycles. The highest BCUT2D eigenvalue weighted by Crippen LogP contribution is 2.41. The van der Waals surface area contributed by atoms with Gasteiger partial charge in [-0.15, -0.1) is 0 Å². The van der Waals surface area contributed by atoms with Crippen LogP contribution in [-0.4, -0.2) is 19.9 Å². The van der Waals surface area contributed by atoms with Crippen molar-refractivity contribution in [3.8, 4) is 67.3 Å². The number of Topliss-reactive ketones (excluding diaryl/α,β-unsaturated/α-hetero) is 1. The number of fused-ring (bicyclic) bond motifs is 6. The lowest BCUT2D eigenvalue weighted by molar-refractivity contribution is 0.101. The average Bonchev–Trinajstić information content (AvgIpc) is 3.90. The number of carbonyl (C=O) groups is 1. The van der Waals surface area contributed by atoms with E-state index in [0.717, 1.165) is 72.4 Å². The van der Waals surface area contributed by atoms with E-state index < -0.39 is 0 Å². The predicted molar refractivity (Wildman–Crippen MR) is 280 cm³/mol. The van der Waals surface area contributed by atoms with E-state index in [1.165, 1.54) is 49.6 Å². The van der Waals surface area contributed by atoms with Gasteiger partial charge in [0.25, 0.3) is 0 Å². The third-order valence-corrected chi connectivity index (χ3v) is 13.5. The molecule has 12 rings (SSSR count). The molecule has 0 atom stereocenters. The molecule has 67 heavy (non-hydrogen) atoms. The van der Waals surface area contributed by atoms with E-state index in [0.29, 0.717) is 5.56 Å². The largest absolute Gasteiger partial charge is 0.309 e. The maximum absolute atomic E-state index is 12.9. The van der Waals surface area contributed by atoms with Crippen molar-refractivity contribution < 1.29 is 4.79 Å². The lowest BCUT2D eigenvalue weighted by Gasteiger charge is -2.16. The van der Waals surface area contributed by atoms with Crippen LogP contribution in [-0.2, 0) is 0 Å². The number of hydrogen-bond donors (Lipinski definition) is 0. The number of aromatic nitrogens is 3. The first-order chi connectivity index (χ1) is 32.9. The van der Waals surface area contributed by atoms with Crippen LogP contribution in [0.4, 0.5) is 0 Å². The van der Waals surface area contributed by atoms with E-state index in [-0.39, 0.29) is 5.78 Å². The van der Waals surface area contributed by atoms with Crippen LogP contribution in [0.25, 0.3) is 111 Å². The van der Waals surface area contributed by atoms with Crippen molar-refractivity contribution in [1.29, 1.82) is 0 Å². The molecule has 0 N–H and O–H groups in total. The summed E-state index contributed by atoms with van der Waals surface area (Å²) < 4.78 is 4.70. The van der Waals surface area contributed by atoms with Gasteiger partial charge in [-0.3, -0.25) is 4.79 Å². The SMILES string of the molecule is CC(=O)c1ccc2c3cc(-c4cc(C)c(-c5cc(-c6ccccc6)nc(-c6ccccc6)c5)cc4C)ccc3n(-c3ccc(-c4cccc5c6ccccc6n(-c6ccccc6)c45)cc3)c2c1. The van der Waals surface area contributed by atoms with Crippen molar-refractivity contribution in [3.63, 3.8) is 0 Å². The van der Waals surface area contributed by atoms with Gasteiger partial charge >= 0.3 is 0 Å². The summed E-state index contributed by atoms with van der Waals surface area (Å²) >= 11 is 0. The number of hydrogen-bond acceptors (Lipinski definition) is 2. The number of carbonyl (C=O) groups excluding carboxylic acids is 1. The first kappa shape index (κ1) is 40.0. The van der Waals surface area contributed by atoms with Gasteiger partial charge in [0.2, 0.25) is 0 Å². The molecule has 0 spiro atoms. The van der Waals surface area contributed by atoms with Crippen molar-refractivity contribution in [2.75, 3.05) is 0 Å². The molecule has 0 bridgehead atoms. The fourth-order valence-electron chi connectivity index (χ4n) is 10.2. The zero-order valence-electron chi connectivity index (χ0n) is 37.5. The zero-order chi connectivity index (χ0) is 45.2. The fourth-order valence-corrected chi connectivity index (χ4v) is 10.2. The number of para-hydroxylation sites is 3. The van der Waals surface area contributed by atoms with Crippen LogP contribution in [0.5, 0.6) is 0 Å². The minimum atomic E-state index is 0.0452. The maximum atomic E-state index is 12.9. The molecular formula is C63H45N3O. The third kappa shape index (κ3) is 6.85. The summed E-state index contributed by atoms with van der Waals surface area (Å²) in [7, 11) is 0. The number of rotatable bonds is 8. The average molecular weight is 860 g/mol. The second kappa shape index (κ2) is 16.1. The molecule has 0 saturated heterocycles. The molecule has 0 aliphatic carbocycles. The summed E-state index contributed by atoms with van der Waals surface area (Å²) in [5.74, 6) is 0.0452. The minimum Gasteiger partial charge on any atom is -0.309 e. The smallest absolute Gasteiger partial charge is 0.159 e. The van der Waals surface area contributed by atoms with Gasteiger partial charge in [0.1, 0.15) is 0 Å². The molecule has 4 heteroatoms. The molecule has 0 unspecified atom stereocenters. The second-order valence-electron chi connectivity index (χ2n) is 17.6. The molecule has 0 saturated carbocycles. The Hall–Kier alpha value is -8.60. The molecule has 4 nitrogen and oxygen atoms in total. The number of aryl methyl sites for hydroxylation is 2. The maximum Gasteiger partial charge on any atom is 0.159 e. The van der Waals surface area contributed by atoms with Crippen LogP contribution in [0.3, 0.4) is 0 Å². The van der Waals surface area contributed by atoms with Gasteiger partial charge in [-0.25, -0.2) is 4.98 Å². The highest BCUT2D eigenvalue weighted by atomic mass is 16.1. The van der Waals surface area contributed by atoms with Gasteiger partial charge in [0.05, 0.1) is 33.5 Å². The Balaban J connectivity index is 0.967. The summed E-state index contributed by atoms with van der Waals surface area (Å²) in [5, 5.41) is 4.70. The van der Waals surface area contributed by atoms with Crippen LogP contribution >= 0.6 is 0 Å². The highest BCUT2D eigenvalue weighted by Gasteiger charge is 2.20. The van der Waals surface area contributed by atoms with Gasteiger partial charge in [-0.05, 0) is 120 Å². The number of nitrogens with zero attached hydrogens (tertiary/aromatic N) is 3. The van der Waals surface area contributed by atoms with Crippen molar-refractivity contribution >= 4 is 49.4 Å². The second-order valence-corrected chi connectivity index (χ2v) is 17.6. The van der Waals surface area contributed by atoms with Gasteiger partial charge in [0.15, 0.2) is 5.78 Å². The van der Waals surface area contributed by atoms with E-state index in [1.54, 1.807) is 6.92 Å². The van der Waals surface area contributed by atoms with E-state index in [9.17, 15) is 4.79 Å². The molecule has 12 aromatic rings. The van der Waals surface area contributed by atoms with E-state index in [1.807, 2.05) is 18.2 Å². The summed E-state index contributed by atoms with van der Waals surface area (Å²) in [6, 6.07) is 77.7. The molecule has 318 valence electrons. The Morgan fingerprint density at radius 2 is 0.925 bits per heavy atom. The highest BCUT2D eigenvalue weighted by molar-refractivity contribution is 6.14. The van der Waals surface area contributed by atoms with Gasteiger partial charge < -0.3 is 9.13 Å². The first-order valence-electron chi connectivity index (χ1n) is 22.9. The predicted octanol–water partition coefficient (Wildman–Crippen LogP) is 16.4. The van der Waals surface area contributed by atoms with Gasteiger partial charge in [-0.2, -0.15) is 0 Å². The van der Waals surface area contributed by atoms with E-state index in [4.69, 9.17) is 4.98 Å². The number of pyridine rings is 1. The Morgan fingerprint density at radius 1 is 0.373 bits per heavy atom. The van der Waals surface area contributed by atoms with Crippen LogP contribution in [0.1, 0.15) is 28.4 Å². The van der Waals surface area contributed by atoms with E-state index >= 15 is 0 Å². The monoisotopic (exact) mass is 859 g/mol. The topological polar surface area (TPSA) is 39.8 Å². The van der Waals surface area contributed by atoms with Crippen LogP contribution in [0, 0.1) is 13.8 Å². The normalized spacial score (nSPS) is 11.6. The molecule has 0 aliphatic heterocycles. The molecule has 0 aliphatic rings. The third-order valence-electron chi connectivity index (χ3n) is 13.5. The lowest BCUT2D eigenvalue weighted by atomic mass is 9.90. The molecule has 3 aromatic heterocycles. The lowest BCUT2D eigenvalue weighted by Crippen LogP contribution is -1.97. The summed E-state index contributed by atoms with van der Waals surface area (Å²) in [6.45, 7) is 6.06. The van der Waals surface area contributed by atoms with Crippen molar-refractivity contribution in [1.82, 2.24) is 14.1 Å². The van der Waals surface area contributed by atoms with Gasteiger partial charge in [0, 0.05) is 55.2 Å². The quantitative estimate of drug-likeness (QED) is 0.143. The molecule has 0 amide bonds. The van der Waals surface area contributed by atoms with Crippen LogP contribution < -0.4 is 0 Å². The first-order valence-corrected chi connectivity index (χ1v) is 22.9. The molecule has 0 radical (unpaired) electrons. The molecule has 3 heterocycles. The Bertz CT molecular complexity index is 3820. The van der Waals surface area contributed by atoms with Crippen molar-refractivity contribution in [3.05, 3.63) is 235 Å². The molecular weight excluding hydrogens is 815 g/mol. The van der Waals surface area contributed by atoms with Crippen molar-refractivity contribution in [2.24, 2.45) is 0 Å². The fraction of sp³-hybridized carbons (Fsp3) is 0.0476.